The molecule has 0 aromatic carbocycles. The summed E-state index contributed by atoms with van der Waals surface area (Å²) in [5.41, 5.74) is 0. The van der Waals surface area contributed by atoms with E-state index in [1.165, 1.54) is 34.3 Å². The Balaban J connectivity index is 1.81. The molecule has 2 atom stereocenters. The summed E-state index contributed by atoms with van der Waals surface area (Å²) < 4.78 is 1.23. The average molecular weight is 288 g/mol. The van der Waals surface area contributed by atoms with Crippen LogP contribution in [0.1, 0.15) is 37.5 Å². The molecule has 0 spiro atoms. The molecule has 1 aromatic heterocycles. The van der Waals surface area contributed by atoms with Gasteiger partial charge in [-0.2, -0.15) is 0 Å². The van der Waals surface area contributed by atoms with E-state index in [1.807, 2.05) is 11.3 Å². The maximum Gasteiger partial charge on any atom is 0.0701 e. The zero-order chi connectivity index (χ0) is 10.7. The van der Waals surface area contributed by atoms with Crippen LogP contribution in [0, 0.1) is 5.92 Å². The predicted molar refractivity (Wildman–Crippen MR) is 70.3 cm³/mol. The maximum atomic E-state index is 3.69. The van der Waals surface area contributed by atoms with Gasteiger partial charge in [-0.05, 0) is 46.8 Å². The molecule has 1 aliphatic carbocycles. The van der Waals surface area contributed by atoms with Crippen LogP contribution in [0.3, 0.4) is 0 Å². The van der Waals surface area contributed by atoms with E-state index in [0.717, 1.165) is 18.5 Å². The molecule has 1 heterocycles. The van der Waals surface area contributed by atoms with Crippen LogP contribution in [-0.4, -0.2) is 6.04 Å². The molecule has 1 aliphatic rings. The smallest absolute Gasteiger partial charge is 0.0701 e. The molecular weight excluding hydrogens is 270 g/mol. The summed E-state index contributed by atoms with van der Waals surface area (Å²) in [6, 6.07) is 5.07. The van der Waals surface area contributed by atoms with Gasteiger partial charge in [-0.1, -0.05) is 19.8 Å². The Morgan fingerprint density at radius 1 is 1.40 bits per heavy atom. The van der Waals surface area contributed by atoms with E-state index >= 15 is 0 Å². The van der Waals surface area contributed by atoms with Gasteiger partial charge in [0.1, 0.15) is 0 Å². The van der Waals surface area contributed by atoms with Crippen molar-refractivity contribution in [2.45, 2.75) is 45.2 Å². The van der Waals surface area contributed by atoms with Gasteiger partial charge in [0, 0.05) is 17.5 Å². The number of halogens is 1. The molecule has 3 heteroatoms. The first-order chi connectivity index (χ1) is 7.25. The van der Waals surface area contributed by atoms with Gasteiger partial charge < -0.3 is 5.32 Å². The normalized spacial score (nSPS) is 26.8. The van der Waals surface area contributed by atoms with Crippen molar-refractivity contribution in [2.75, 3.05) is 0 Å². The lowest BCUT2D eigenvalue weighted by atomic mass is 9.86. The highest BCUT2D eigenvalue weighted by Gasteiger charge is 2.20. The second-order valence-electron chi connectivity index (χ2n) is 4.45. The van der Waals surface area contributed by atoms with E-state index in [4.69, 9.17) is 0 Å². The Kier molecular flexibility index (Phi) is 4.23. The van der Waals surface area contributed by atoms with E-state index < -0.39 is 0 Å². The molecule has 1 aromatic rings. The van der Waals surface area contributed by atoms with Crippen LogP contribution in [0.25, 0.3) is 0 Å². The molecule has 15 heavy (non-hydrogen) atoms. The van der Waals surface area contributed by atoms with Crippen LogP contribution in [0.15, 0.2) is 15.9 Å². The molecule has 1 fully saturated rings. The lowest BCUT2D eigenvalue weighted by Crippen LogP contribution is -2.36. The minimum absolute atomic E-state index is 0.736. The quantitative estimate of drug-likeness (QED) is 0.880. The number of thiophene rings is 1. The third-order valence-corrected chi connectivity index (χ3v) is 4.90. The van der Waals surface area contributed by atoms with Crippen LogP contribution < -0.4 is 5.32 Å². The lowest BCUT2D eigenvalue weighted by Gasteiger charge is -2.29. The molecule has 1 nitrogen and oxygen atoms in total. The van der Waals surface area contributed by atoms with Crippen LogP contribution >= 0.6 is 27.3 Å². The SMILES string of the molecule is CC1CCCCC1NCc1ccc(Br)s1. The molecule has 84 valence electrons. The molecule has 2 rings (SSSR count). The third kappa shape index (κ3) is 3.30. The number of hydrogen-bond donors (Lipinski definition) is 1. The van der Waals surface area contributed by atoms with Crippen molar-refractivity contribution in [3.63, 3.8) is 0 Å². The zero-order valence-corrected chi connectivity index (χ0v) is 11.5. The van der Waals surface area contributed by atoms with E-state index in [-0.39, 0.29) is 0 Å². The van der Waals surface area contributed by atoms with Gasteiger partial charge in [-0.3, -0.25) is 0 Å². The largest absolute Gasteiger partial charge is 0.309 e. The fourth-order valence-corrected chi connectivity index (χ4v) is 3.73. The standard InChI is InChI=1S/C12H18BrNS/c1-9-4-2-3-5-11(9)14-8-10-6-7-12(13)15-10/h6-7,9,11,14H,2-5,8H2,1H3. The van der Waals surface area contributed by atoms with Gasteiger partial charge in [0.05, 0.1) is 3.79 Å². The molecule has 0 saturated heterocycles. The molecule has 2 unspecified atom stereocenters. The molecule has 0 amide bonds. The molecule has 0 radical (unpaired) electrons. The number of nitrogens with one attached hydrogen (secondary N) is 1. The van der Waals surface area contributed by atoms with Gasteiger partial charge in [0.15, 0.2) is 0 Å². The molecule has 1 N–H and O–H groups in total. The molecular formula is C12H18BrNS. The first kappa shape index (κ1) is 11.6. The molecule has 0 bridgehead atoms. The Morgan fingerprint density at radius 2 is 2.20 bits per heavy atom. The second kappa shape index (κ2) is 5.46. The van der Waals surface area contributed by atoms with Crippen molar-refractivity contribution in [2.24, 2.45) is 5.92 Å². The van der Waals surface area contributed by atoms with Crippen molar-refractivity contribution >= 4 is 27.3 Å². The zero-order valence-electron chi connectivity index (χ0n) is 9.13. The van der Waals surface area contributed by atoms with Crippen molar-refractivity contribution in [3.8, 4) is 0 Å². The summed E-state index contributed by atoms with van der Waals surface area (Å²) in [4.78, 5) is 1.43. The Labute approximate surface area is 104 Å². The average Bonchev–Trinajstić information content (AvgIpc) is 2.63. The second-order valence-corrected chi connectivity index (χ2v) is 7.00. The van der Waals surface area contributed by atoms with Crippen molar-refractivity contribution in [1.82, 2.24) is 5.32 Å². The van der Waals surface area contributed by atoms with E-state index in [1.54, 1.807) is 0 Å². The summed E-state index contributed by atoms with van der Waals surface area (Å²) in [5, 5.41) is 3.69. The Hall–Kier alpha value is 0.140. The first-order valence-corrected chi connectivity index (χ1v) is 7.34. The van der Waals surface area contributed by atoms with Gasteiger partial charge in [-0.25, -0.2) is 0 Å². The lowest BCUT2D eigenvalue weighted by molar-refractivity contribution is 0.280. The highest BCUT2D eigenvalue weighted by atomic mass is 79.9. The minimum Gasteiger partial charge on any atom is -0.309 e. The summed E-state index contributed by atoms with van der Waals surface area (Å²) in [6.07, 6.45) is 5.57. The van der Waals surface area contributed by atoms with Crippen LogP contribution in [0.5, 0.6) is 0 Å². The van der Waals surface area contributed by atoms with Crippen molar-refractivity contribution in [3.05, 3.63) is 20.8 Å². The third-order valence-electron chi connectivity index (χ3n) is 3.28. The summed E-state index contributed by atoms with van der Waals surface area (Å²) in [5.74, 6) is 0.849. The van der Waals surface area contributed by atoms with Gasteiger partial charge >= 0.3 is 0 Å². The number of rotatable bonds is 3. The van der Waals surface area contributed by atoms with E-state index in [2.05, 4.69) is 40.3 Å². The Morgan fingerprint density at radius 3 is 2.87 bits per heavy atom. The fraction of sp³-hybridized carbons (Fsp3) is 0.667. The Bertz CT molecular complexity index is 310. The first-order valence-electron chi connectivity index (χ1n) is 5.73. The highest BCUT2D eigenvalue weighted by Crippen LogP contribution is 2.25. The predicted octanol–water partition coefficient (Wildman–Crippen LogP) is 4.18. The summed E-state index contributed by atoms with van der Waals surface area (Å²) >= 11 is 5.33. The van der Waals surface area contributed by atoms with Crippen LogP contribution in [-0.2, 0) is 6.54 Å². The fourth-order valence-electron chi connectivity index (χ4n) is 2.30. The molecule has 0 aliphatic heterocycles. The van der Waals surface area contributed by atoms with Crippen LogP contribution in [0.2, 0.25) is 0 Å². The van der Waals surface area contributed by atoms with Crippen LogP contribution in [0.4, 0.5) is 0 Å². The van der Waals surface area contributed by atoms with Gasteiger partial charge in [0.2, 0.25) is 0 Å². The maximum absolute atomic E-state index is 3.69. The summed E-state index contributed by atoms with van der Waals surface area (Å²) in [7, 11) is 0. The minimum atomic E-state index is 0.736. The van der Waals surface area contributed by atoms with Gasteiger partial charge in [0.25, 0.3) is 0 Å². The number of hydrogen-bond acceptors (Lipinski definition) is 2. The van der Waals surface area contributed by atoms with Crippen molar-refractivity contribution in [1.29, 1.82) is 0 Å². The monoisotopic (exact) mass is 287 g/mol. The van der Waals surface area contributed by atoms with E-state index in [0.29, 0.717) is 0 Å². The summed E-state index contributed by atoms with van der Waals surface area (Å²) in [6.45, 7) is 3.41. The highest BCUT2D eigenvalue weighted by molar-refractivity contribution is 9.11. The van der Waals surface area contributed by atoms with Crippen molar-refractivity contribution < 1.29 is 0 Å². The topological polar surface area (TPSA) is 12.0 Å². The molecule has 1 saturated carbocycles. The van der Waals surface area contributed by atoms with E-state index in [9.17, 15) is 0 Å². The van der Waals surface area contributed by atoms with Gasteiger partial charge in [-0.15, -0.1) is 11.3 Å².